The average molecular weight is 282 g/mol. The third-order valence-corrected chi connectivity index (χ3v) is 3.33. The third kappa shape index (κ3) is 10.8. The molecule has 0 saturated carbocycles. The van der Waals surface area contributed by atoms with Gasteiger partial charge in [-0.05, 0) is 53.2 Å². The summed E-state index contributed by atoms with van der Waals surface area (Å²) < 4.78 is 30.3. The number of carbonyl (C=O) groups is 1. The van der Waals surface area contributed by atoms with Gasteiger partial charge in [0.2, 0.25) is 5.92 Å². The van der Waals surface area contributed by atoms with E-state index in [0.29, 0.717) is 18.6 Å². The van der Waals surface area contributed by atoms with E-state index in [4.69, 9.17) is 4.74 Å². The fourth-order valence-electron chi connectivity index (χ4n) is 1.25. The van der Waals surface area contributed by atoms with Crippen molar-refractivity contribution < 1.29 is 18.3 Å². The second-order valence-electron chi connectivity index (χ2n) is 5.57. The minimum Gasteiger partial charge on any atom is -0.459 e. The van der Waals surface area contributed by atoms with Gasteiger partial charge in [0.05, 0.1) is 5.25 Å². The van der Waals surface area contributed by atoms with Gasteiger partial charge in [0, 0.05) is 6.42 Å². The number of esters is 1. The van der Waals surface area contributed by atoms with Crippen LogP contribution in [0.5, 0.6) is 0 Å². The number of halogens is 2. The summed E-state index contributed by atoms with van der Waals surface area (Å²) in [5.41, 5.74) is -0.476. The molecule has 0 aromatic rings. The highest BCUT2D eigenvalue weighted by molar-refractivity contribution is 8.00. The standard InChI is InChI=1S/C13H24F2O2S/c1-10(11(16)17-12(2,3)4)18-9-7-6-8-13(5,14)15/h10H,6-9H2,1-5H3. The van der Waals surface area contributed by atoms with Crippen molar-refractivity contribution in [1.82, 2.24) is 0 Å². The van der Waals surface area contributed by atoms with Gasteiger partial charge in [-0.1, -0.05) is 0 Å². The Balaban J connectivity index is 3.71. The highest BCUT2D eigenvalue weighted by Crippen LogP contribution is 2.22. The summed E-state index contributed by atoms with van der Waals surface area (Å²) in [5.74, 6) is -2.12. The molecule has 0 bridgehead atoms. The van der Waals surface area contributed by atoms with E-state index < -0.39 is 11.5 Å². The largest absolute Gasteiger partial charge is 0.459 e. The van der Waals surface area contributed by atoms with Crippen LogP contribution in [0.25, 0.3) is 0 Å². The molecule has 0 amide bonds. The number of ether oxygens (including phenoxy) is 1. The average Bonchev–Trinajstić information content (AvgIpc) is 2.12. The lowest BCUT2D eigenvalue weighted by Gasteiger charge is -2.22. The number of hydrogen-bond acceptors (Lipinski definition) is 3. The molecular formula is C13H24F2O2S. The van der Waals surface area contributed by atoms with Crippen LogP contribution in [0.3, 0.4) is 0 Å². The molecular weight excluding hydrogens is 258 g/mol. The molecule has 18 heavy (non-hydrogen) atoms. The van der Waals surface area contributed by atoms with Crippen molar-refractivity contribution in [3.05, 3.63) is 0 Å². The van der Waals surface area contributed by atoms with Gasteiger partial charge < -0.3 is 4.74 Å². The van der Waals surface area contributed by atoms with Gasteiger partial charge in [0.1, 0.15) is 5.60 Å². The summed E-state index contributed by atoms with van der Waals surface area (Å²) in [6.45, 7) is 8.19. The highest BCUT2D eigenvalue weighted by atomic mass is 32.2. The van der Waals surface area contributed by atoms with Crippen LogP contribution in [0.2, 0.25) is 0 Å². The van der Waals surface area contributed by atoms with Crippen LogP contribution in [-0.2, 0) is 9.53 Å². The summed E-state index contributed by atoms with van der Waals surface area (Å²) in [4.78, 5) is 11.6. The first-order valence-corrected chi connectivity index (χ1v) is 7.28. The normalized spacial score (nSPS) is 14.4. The van der Waals surface area contributed by atoms with E-state index in [9.17, 15) is 13.6 Å². The van der Waals surface area contributed by atoms with Crippen molar-refractivity contribution in [2.24, 2.45) is 0 Å². The Hall–Kier alpha value is -0.320. The van der Waals surface area contributed by atoms with Crippen LogP contribution in [0.4, 0.5) is 8.78 Å². The van der Waals surface area contributed by atoms with Crippen molar-refractivity contribution in [1.29, 1.82) is 0 Å². The van der Waals surface area contributed by atoms with Crippen LogP contribution >= 0.6 is 11.8 Å². The lowest BCUT2D eigenvalue weighted by molar-refractivity contribution is -0.153. The molecule has 0 rings (SSSR count). The number of unbranched alkanes of at least 4 members (excludes halogenated alkanes) is 1. The van der Waals surface area contributed by atoms with Crippen LogP contribution in [0, 0.1) is 0 Å². The van der Waals surface area contributed by atoms with Gasteiger partial charge >= 0.3 is 5.97 Å². The van der Waals surface area contributed by atoms with Crippen LogP contribution in [0.1, 0.15) is 53.9 Å². The van der Waals surface area contributed by atoms with E-state index in [1.54, 1.807) is 6.92 Å². The minimum atomic E-state index is -2.58. The molecule has 0 fully saturated rings. The molecule has 5 heteroatoms. The lowest BCUT2D eigenvalue weighted by atomic mass is 10.2. The first-order chi connectivity index (χ1) is 8.01. The molecule has 0 saturated heterocycles. The summed E-state index contributed by atoms with van der Waals surface area (Å²) in [6.07, 6.45) is 1.09. The predicted molar refractivity (Wildman–Crippen MR) is 72.2 cm³/mol. The molecule has 0 aliphatic rings. The molecule has 108 valence electrons. The van der Waals surface area contributed by atoms with Gasteiger partial charge in [-0.25, -0.2) is 8.78 Å². The Kier molecular flexibility index (Phi) is 7.18. The molecule has 0 radical (unpaired) electrons. The van der Waals surface area contributed by atoms with Crippen molar-refractivity contribution in [3.8, 4) is 0 Å². The zero-order valence-corrected chi connectivity index (χ0v) is 12.7. The van der Waals surface area contributed by atoms with Gasteiger partial charge in [-0.2, -0.15) is 0 Å². The quantitative estimate of drug-likeness (QED) is 0.515. The Morgan fingerprint density at radius 1 is 1.22 bits per heavy atom. The summed E-state index contributed by atoms with van der Waals surface area (Å²) in [7, 11) is 0. The van der Waals surface area contributed by atoms with Crippen molar-refractivity contribution in [3.63, 3.8) is 0 Å². The monoisotopic (exact) mass is 282 g/mol. The Bertz CT molecular complexity index is 257. The maximum atomic E-state index is 12.5. The first-order valence-electron chi connectivity index (χ1n) is 6.23. The van der Waals surface area contributed by atoms with Crippen molar-refractivity contribution in [2.75, 3.05) is 5.75 Å². The van der Waals surface area contributed by atoms with E-state index in [1.165, 1.54) is 11.8 Å². The van der Waals surface area contributed by atoms with Crippen LogP contribution < -0.4 is 0 Å². The van der Waals surface area contributed by atoms with Gasteiger partial charge in [0.25, 0.3) is 0 Å². The molecule has 2 nitrogen and oxygen atoms in total. The smallest absolute Gasteiger partial charge is 0.319 e. The topological polar surface area (TPSA) is 26.3 Å². The maximum Gasteiger partial charge on any atom is 0.319 e. The summed E-state index contributed by atoms with van der Waals surface area (Å²) >= 11 is 1.46. The molecule has 0 heterocycles. The van der Waals surface area contributed by atoms with E-state index in [-0.39, 0.29) is 17.6 Å². The van der Waals surface area contributed by atoms with Crippen molar-refractivity contribution in [2.45, 2.75) is 70.7 Å². The van der Waals surface area contributed by atoms with Crippen molar-refractivity contribution >= 4 is 17.7 Å². The van der Waals surface area contributed by atoms with Gasteiger partial charge in [0.15, 0.2) is 0 Å². The Labute approximate surface area is 113 Å². The Morgan fingerprint density at radius 3 is 2.22 bits per heavy atom. The van der Waals surface area contributed by atoms with E-state index in [1.807, 2.05) is 20.8 Å². The second kappa shape index (κ2) is 7.31. The third-order valence-electron chi connectivity index (χ3n) is 2.12. The molecule has 0 spiro atoms. The number of thioether (sulfide) groups is 1. The van der Waals surface area contributed by atoms with E-state index in [0.717, 1.165) is 6.92 Å². The number of rotatable bonds is 7. The maximum absolute atomic E-state index is 12.5. The molecule has 0 aromatic heterocycles. The number of alkyl halides is 2. The lowest BCUT2D eigenvalue weighted by Crippen LogP contribution is -2.29. The zero-order chi connectivity index (χ0) is 14.4. The fourth-order valence-corrected chi connectivity index (χ4v) is 2.16. The van der Waals surface area contributed by atoms with Gasteiger partial charge in [-0.3, -0.25) is 4.79 Å². The highest BCUT2D eigenvalue weighted by Gasteiger charge is 2.22. The molecule has 0 aliphatic heterocycles. The first kappa shape index (κ1) is 17.7. The Morgan fingerprint density at radius 2 is 1.78 bits per heavy atom. The minimum absolute atomic E-state index is 0.0889. The molecule has 0 aromatic carbocycles. The molecule has 1 atom stereocenters. The number of hydrogen-bond donors (Lipinski definition) is 0. The summed E-state index contributed by atoms with van der Waals surface area (Å²) in [5, 5.41) is -0.244. The van der Waals surface area contributed by atoms with Crippen LogP contribution in [0.15, 0.2) is 0 Å². The summed E-state index contributed by atoms with van der Waals surface area (Å²) in [6, 6.07) is 0. The van der Waals surface area contributed by atoms with E-state index in [2.05, 4.69) is 0 Å². The number of carbonyl (C=O) groups excluding carboxylic acids is 1. The SMILES string of the molecule is CC(SCCCCC(C)(F)F)C(=O)OC(C)(C)C. The molecule has 1 unspecified atom stereocenters. The zero-order valence-electron chi connectivity index (χ0n) is 11.9. The second-order valence-corrected chi connectivity index (χ2v) is 7.02. The molecule has 0 N–H and O–H groups in total. The van der Waals surface area contributed by atoms with Crippen LogP contribution in [-0.4, -0.2) is 28.5 Å². The van der Waals surface area contributed by atoms with Gasteiger partial charge in [-0.15, -0.1) is 11.8 Å². The molecule has 0 aliphatic carbocycles. The van der Waals surface area contributed by atoms with E-state index >= 15 is 0 Å². The fraction of sp³-hybridized carbons (Fsp3) is 0.923. The predicted octanol–water partition coefficient (Wildman–Crippen LogP) is 4.28.